The molecule has 0 bridgehead atoms. The Labute approximate surface area is 158 Å². The topological polar surface area (TPSA) is 100 Å². The van der Waals surface area contributed by atoms with Gasteiger partial charge in [0.2, 0.25) is 5.90 Å². The number of carbonyl (C=O) groups is 1. The molecule has 1 heterocycles. The van der Waals surface area contributed by atoms with E-state index in [0.717, 1.165) is 0 Å². The average Bonchev–Trinajstić information content (AvgIpc) is 3.02. The number of hydrogen-bond donors (Lipinski definition) is 0. The maximum atomic E-state index is 12.1. The molecule has 27 heavy (non-hydrogen) atoms. The number of ether oxygens (including phenoxy) is 3. The van der Waals surface area contributed by atoms with E-state index in [1.54, 1.807) is 18.2 Å². The Kier molecular flexibility index (Phi) is 5.09. The summed E-state index contributed by atoms with van der Waals surface area (Å²) in [5.74, 6) is 0.396. The van der Waals surface area contributed by atoms with E-state index >= 15 is 0 Å². The monoisotopic (exact) mass is 388 g/mol. The smallest absolute Gasteiger partial charge is 0.363 e. The van der Waals surface area contributed by atoms with E-state index in [1.165, 1.54) is 38.5 Å². The van der Waals surface area contributed by atoms with Crippen LogP contribution < -0.4 is 9.47 Å². The van der Waals surface area contributed by atoms with E-state index in [0.29, 0.717) is 17.1 Å². The number of cyclic esters (lactones) is 1. The molecule has 2 aromatic rings. The fourth-order valence-corrected chi connectivity index (χ4v) is 2.66. The van der Waals surface area contributed by atoms with Gasteiger partial charge in [0, 0.05) is 23.8 Å². The van der Waals surface area contributed by atoms with Crippen molar-refractivity contribution in [1.82, 2.24) is 0 Å². The third-order valence-electron chi connectivity index (χ3n) is 3.75. The highest BCUT2D eigenvalue weighted by Crippen LogP contribution is 2.30. The van der Waals surface area contributed by atoms with Crippen molar-refractivity contribution in [2.75, 3.05) is 14.2 Å². The zero-order valence-corrected chi connectivity index (χ0v) is 15.0. The van der Waals surface area contributed by atoms with Crippen LogP contribution in [0.1, 0.15) is 11.1 Å². The summed E-state index contributed by atoms with van der Waals surface area (Å²) < 4.78 is 15.6. The van der Waals surface area contributed by atoms with Gasteiger partial charge < -0.3 is 14.2 Å². The van der Waals surface area contributed by atoms with Gasteiger partial charge in [0.15, 0.2) is 5.70 Å². The summed E-state index contributed by atoms with van der Waals surface area (Å²) in [6.45, 7) is 0. The van der Waals surface area contributed by atoms with Gasteiger partial charge in [-0.15, -0.1) is 0 Å². The van der Waals surface area contributed by atoms with E-state index in [4.69, 9.17) is 25.8 Å². The number of nitro benzene ring substituents is 1. The van der Waals surface area contributed by atoms with Gasteiger partial charge in [0.25, 0.3) is 5.69 Å². The van der Waals surface area contributed by atoms with Crippen LogP contribution in [0.4, 0.5) is 5.69 Å². The molecule has 8 nitrogen and oxygen atoms in total. The first-order chi connectivity index (χ1) is 12.9. The Bertz CT molecular complexity index is 999. The number of esters is 1. The third-order valence-corrected chi connectivity index (χ3v) is 4.06. The number of aliphatic imine (C=N–C) groups is 1. The Morgan fingerprint density at radius 2 is 1.96 bits per heavy atom. The summed E-state index contributed by atoms with van der Waals surface area (Å²) in [5.41, 5.74) is 0.751. The van der Waals surface area contributed by atoms with Crippen LogP contribution in [-0.4, -0.2) is 31.0 Å². The predicted molar refractivity (Wildman–Crippen MR) is 98.3 cm³/mol. The molecule has 0 saturated heterocycles. The standard InChI is InChI=1S/C18H13ClN2O6/c1-25-12-5-3-10(16(9-12)26-2)7-15-18(22)27-17(20-15)13-6-4-11(21(23)24)8-14(13)19/h3-9H,1-2H3. The van der Waals surface area contributed by atoms with E-state index in [2.05, 4.69) is 4.99 Å². The van der Waals surface area contributed by atoms with Crippen molar-refractivity contribution < 1.29 is 23.9 Å². The van der Waals surface area contributed by atoms with Gasteiger partial charge in [-0.2, -0.15) is 0 Å². The van der Waals surface area contributed by atoms with Crippen LogP contribution in [0.5, 0.6) is 11.5 Å². The van der Waals surface area contributed by atoms with Gasteiger partial charge in [-0.05, 0) is 24.3 Å². The zero-order chi connectivity index (χ0) is 19.6. The molecule has 0 unspecified atom stereocenters. The molecule has 0 saturated carbocycles. The Morgan fingerprint density at radius 1 is 1.19 bits per heavy atom. The van der Waals surface area contributed by atoms with Gasteiger partial charge >= 0.3 is 5.97 Å². The largest absolute Gasteiger partial charge is 0.497 e. The van der Waals surface area contributed by atoms with E-state index in [1.807, 2.05) is 0 Å². The van der Waals surface area contributed by atoms with Crippen molar-refractivity contribution >= 4 is 35.2 Å². The molecule has 0 aliphatic carbocycles. The molecule has 3 rings (SSSR count). The zero-order valence-electron chi connectivity index (χ0n) is 14.3. The van der Waals surface area contributed by atoms with Gasteiger partial charge in [0.05, 0.1) is 29.7 Å². The molecule has 0 atom stereocenters. The van der Waals surface area contributed by atoms with E-state index in [9.17, 15) is 14.9 Å². The maximum Gasteiger partial charge on any atom is 0.363 e. The first-order valence-corrected chi connectivity index (χ1v) is 7.99. The number of halogens is 1. The second-order valence-electron chi connectivity index (χ2n) is 5.37. The van der Waals surface area contributed by atoms with Gasteiger partial charge in [-0.1, -0.05) is 11.6 Å². The minimum Gasteiger partial charge on any atom is -0.497 e. The molecule has 0 amide bonds. The molecule has 2 aromatic carbocycles. The van der Waals surface area contributed by atoms with E-state index in [-0.39, 0.29) is 27.9 Å². The summed E-state index contributed by atoms with van der Waals surface area (Å²) in [6.07, 6.45) is 1.51. The van der Waals surface area contributed by atoms with Gasteiger partial charge in [-0.3, -0.25) is 10.1 Å². The number of carbonyl (C=O) groups excluding carboxylic acids is 1. The summed E-state index contributed by atoms with van der Waals surface area (Å²) in [7, 11) is 3.03. The Morgan fingerprint density at radius 3 is 2.59 bits per heavy atom. The lowest BCUT2D eigenvalue weighted by molar-refractivity contribution is -0.384. The Balaban J connectivity index is 1.97. The molecular formula is C18H13ClN2O6. The van der Waals surface area contributed by atoms with Crippen molar-refractivity contribution in [3.05, 3.63) is 68.4 Å². The normalized spacial score (nSPS) is 14.7. The molecule has 9 heteroatoms. The van der Waals surface area contributed by atoms with E-state index < -0.39 is 10.9 Å². The fourth-order valence-electron chi connectivity index (χ4n) is 2.40. The SMILES string of the molecule is COc1ccc(C=C2N=C(c3ccc([N+](=O)[O-])cc3Cl)OC2=O)c(OC)c1. The van der Waals surface area contributed by atoms with Crippen LogP contribution in [0, 0.1) is 10.1 Å². The highest BCUT2D eigenvalue weighted by atomic mass is 35.5. The first kappa shape index (κ1) is 18.4. The quantitative estimate of drug-likeness (QED) is 0.335. The summed E-state index contributed by atoms with van der Waals surface area (Å²) in [6, 6.07) is 8.90. The second kappa shape index (κ2) is 7.46. The molecule has 138 valence electrons. The van der Waals surface area contributed by atoms with Gasteiger partial charge in [-0.25, -0.2) is 9.79 Å². The summed E-state index contributed by atoms with van der Waals surface area (Å²) in [4.78, 5) is 26.5. The highest BCUT2D eigenvalue weighted by molar-refractivity contribution is 6.34. The molecule has 0 N–H and O–H groups in total. The molecule has 0 spiro atoms. The van der Waals surface area contributed by atoms with Crippen molar-refractivity contribution in [3.63, 3.8) is 0 Å². The summed E-state index contributed by atoms with van der Waals surface area (Å²) >= 11 is 6.06. The number of rotatable bonds is 5. The number of hydrogen-bond acceptors (Lipinski definition) is 7. The Hall–Kier alpha value is -3.39. The number of nitrogens with zero attached hydrogens (tertiary/aromatic N) is 2. The first-order valence-electron chi connectivity index (χ1n) is 7.62. The van der Waals surface area contributed by atoms with Crippen LogP contribution in [0.3, 0.4) is 0 Å². The lowest BCUT2D eigenvalue weighted by Gasteiger charge is -2.07. The minimum atomic E-state index is -0.669. The summed E-state index contributed by atoms with van der Waals surface area (Å²) in [5, 5.41) is 10.9. The van der Waals surface area contributed by atoms with Crippen molar-refractivity contribution in [2.24, 2.45) is 4.99 Å². The van der Waals surface area contributed by atoms with Crippen LogP contribution >= 0.6 is 11.6 Å². The third kappa shape index (κ3) is 3.75. The van der Waals surface area contributed by atoms with Crippen molar-refractivity contribution in [2.45, 2.75) is 0 Å². The average molecular weight is 389 g/mol. The van der Waals surface area contributed by atoms with Gasteiger partial charge in [0.1, 0.15) is 11.5 Å². The maximum absolute atomic E-state index is 12.1. The number of nitro groups is 1. The second-order valence-corrected chi connectivity index (χ2v) is 5.77. The van der Waals surface area contributed by atoms with Crippen molar-refractivity contribution in [1.29, 1.82) is 0 Å². The molecular weight excluding hydrogens is 376 g/mol. The van der Waals surface area contributed by atoms with Crippen LogP contribution in [-0.2, 0) is 9.53 Å². The molecule has 0 aromatic heterocycles. The van der Waals surface area contributed by atoms with Crippen LogP contribution in [0.15, 0.2) is 47.1 Å². The molecule has 1 aliphatic heterocycles. The lowest BCUT2D eigenvalue weighted by Crippen LogP contribution is -2.06. The fraction of sp³-hybridized carbons (Fsp3) is 0.111. The highest BCUT2D eigenvalue weighted by Gasteiger charge is 2.27. The van der Waals surface area contributed by atoms with Crippen LogP contribution in [0.25, 0.3) is 6.08 Å². The van der Waals surface area contributed by atoms with Crippen molar-refractivity contribution in [3.8, 4) is 11.5 Å². The number of non-ortho nitro benzene ring substituents is 1. The number of methoxy groups -OCH3 is 2. The molecule has 0 radical (unpaired) electrons. The predicted octanol–water partition coefficient (Wildman–Crippen LogP) is 3.61. The molecule has 0 fully saturated rings. The number of benzene rings is 2. The minimum absolute atomic E-state index is 0.0290. The lowest BCUT2D eigenvalue weighted by atomic mass is 10.1. The van der Waals surface area contributed by atoms with Crippen LogP contribution in [0.2, 0.25) is 5.02 Å². The molecule has 1 aliphatic rings.